The molecule has 3 atom stereocenters. The minimum Gasteiger partial charge on any atom is -0.389 e. The van der Waals surface area contributed by atoms with Gasteiger partial charge in [0.1, 0.15) is 6.04 Å². The summed E-state index contributed by atoms with van der Waals surface area (Å²) in [4.78, 5) is 0. The number of fused-ring (bicyclic) bond motifs is 1. The van der Waals surface area contributed by atoms with E-state index < -0.39 is 5.60 Å². The van der Waals surface area contributed by atoms with E-state index in [1.54, 1.807) is 0 Å². The predicted molar refractivity (Wildman–Crippen MR) is 77.5 cm³/mol. The van der Waals surface area contributed by atoms with Crippen molar-refractivity contribution in [1.29, 1.82) is 0 Å². The van der Waals surface area contributed by atoms with Crippen molar-refractivity contribution in [3.63, 3.8) is 0 Å². The third-order valence-electron chi connectivity index (χ3n) is 4.82. The second kappa shape index (κ2) is 5.25. The van der Waals surface area contributed by atoms with Crippen LogP contribution in [0.5, 0.6) is 0 Å². The summed E-state index contributed by atoms with van der Waals surface area (Å²) in [5.41, 5.74) is 0.636. The van der Waals surface area contributed by atoms with Crippen LogP contribution in [0.25, 0.3) is 0 Å². The second-order valence-electron chi connectivity index (χ2n) is 5.92. The van der Waals surface area contributed by atoms with Crippen molar-refractivity contribution in [2.75, 3.05) is 6.54 Å². The zero-order valence-corrected chi connectivity index (χ0v) is 12.4. The Hall–Kier alpha value is -0.280. The Morgan fingerprint density at radius 2 is 2.05 bits per heavy atom. The molecule has 2 nitrogen and oxygen atoms in total. The van der Waals surface area contributed by atoms with Crippen LogP contribution in [0, 0.1) is 5.92 Å². The second-order valence-corrected chi connectivity index (χ2v) is 6.77. The molecule has 3 N–H and O–H groups in total. The number of quaternary nitrogens is 1. The van der Waals surface area contributed by atoms with Crippen molar-refractivity contribution < 1.29 is 10.4 Å². The third kappa shape index (κ3) is 2.52. The summed E-state index contributed by atoms with van der Waals surface area (Å²) in [7, 11) is 0. The number of rotatable bonds is 1. The normalized spacial score (nSPS) is 34.9. The molecule has 19 heavy (non-hydrogen) atoms. The van der Waals surface area contributed by atoms with Gasteiger partial charge in [0.2, 0.25) is 0 Å². The van der Waals surface area contributed by atoms with E-state index in [0.717, 1.165) is 42.8 Å². The number of hydrogen-bond donors (Lipinski definition) is 2. The maximum atomic E-state index is 10.9. The molecule has 2 fully saturated rings. The Morgan fingerprint density at radius 3 is 2.84 bits per heavy atom. The number of benzene rings is 1. The summed E-state index contributed by atoms with van der Waals surface area (Å²) in [5.74, 6) is 0.314. The SMILES string of the molecule is O[C@]12CCCC[C@@H]1[C@@H](c1ccc(Cl)cc1Cl)[NH2+]CC2. The van der Waals surface area contributed by atoms with Gasteiger partial charge >= 0.3 is 0 Å². The van der Waals surface area contributed by atoms with Crippen LogP contribution in [-0.4, -0.2) is 17.3 Å². The molecule has 1 aliphatic carbocycles. The summed E-state index contributed by atoms with van der Waals surface area (Å²) >= 11 is 12.3. The average Bonchev–Trinajstić information content (AvgIpc) is 2.37. The molecule has 0 bridgehead atoms. The summed E-state index contributed by atoms with van der Waals surface area (Å²) in [5, 5.41) is 14.6. The monoisotopic (exact) mass is 300 g/mol. The standard InChI is InChI=1S/C15H19Cl2NO/c16-10-4-5-11(13(17)9-10)14-12-3-1-2-6-15(12,19)7-8-18-14/h4-5,9,12,14,18-19H,1-3,6-8H2/p+1/t12-,14-,15+/m1/s1. The molecule has 0 spiro atoms. The minimum absolute atomic E-state index is 0.267. The lowest BCUT2D eigenvalue weighted by Crippen LogP contribution is -2.91. The van der Waals surface area contributed by atoms with Crippen molar-refractivity contribution in [2.24, 2.45) is 5.92 Å². The summed E-state index contributed by atoms with van der Waals surface area (Å²) in [6.45, 7) is 0.969. The molecule has 1 aromatic carbocycles. The van der Waals surface area contributed by atoms with Gasteiger partial charge in [-0.3, -0.25) is 0 Å². The van der Waals surface area contributed by atoms with Crippen LogP contribution in [0.4, 0.5) is 0 Å². The molecular weight excluding hydrogens is 281 g/mol. The number of piperidine rings is 1. The highest BCUT2D eigenvalue weighted by molar-refractivity contribution is 6.35. The number of aliphatic hydroxyl groups is 1. The van der Waals surface area contributed by atoms with E-state index in [-0.39, 0.29) is 6.04 Å². The largest absolute Gasteiger partial charge is 0.389 e. The Balaban J connectivity index is 1.94. The van der Waals surface area contributed by atoms with E-state index in [1.807, 2.05) is 18.2 Å². The maximum Gasteiger partial charge on any atom is 0.119 e. The average molecular weight is 301 g/mol. The topological polar surface area (TPSA) is 36.8 Å². The smallest absolute Gasteiger partial charge is 0.119 e. The summed E-state index contributed by atoms with van der Waals surface area (Å²) in [6.07, 6.45) is 5.29. The quantitative estimate of drug-likeness (QED) is 0.822. The van der Waals surface area contributed by atoms with E-state index in [1.165, 1.54) is 6.42 Å². The van der Waals surface area contributed by atoms with Crippen LogP contribution < -0.4 is 5.32 Å². The maximum absolute atomic E-state index is 10.9. The Labute approximate surface area is 124 Å². The van der Waals surface area contributed by atoms with Gasteiger partial charge in [0.05, 0.1) is 17.2 Å². The first-order valence-corrected chi connectivity index (χ1v) is 7.86. The van der Waals surface area contributed by atoms with Crippen molar-refractivity contribution in [2.45, 2.75) is 43.7 Å². The highest BCUT2D eigenvalue weighted by Gasteiger charge is 2.48. The van der Waals surface area contributed by atoms with Crippen LogP contribution in [0.3, 0.4) is 0 Å². The molecule has 0 aromatic heterocycles. The highest BCUT2D eigenvalue weighted by atomic mass is 35.5. The van der Waals surface area contributed by atoms with Crippen LogP contribution >= 0.6 is 23.2 Å². The Morgan fingerprint density at radius 1 is 1.21 bits per heavy atom. The van der Waals surface area contributed by atoms with E-state index in [9.17, 15) is 5.11 Å². The lowest BCUT2D eigenvalue weighted by Gasteiger charge is -2.46. The number of nitrogens with two attached hydrogens (primary N) is 1. The van der Waals surface area contributed by atoms with E-state index in [4.69, 9.17) is 23.2 Å². The van der Waals surface area contributed by atoms with Crippen molar-refractivity contribution in [3.8, 4) is 0 Å². The van der Waals surface area contributed by atoms with Gasteiger partial charge in [0.25, 0.3) is 0 Å². The molecule has 104 valence electrons. The van der Waals surface area contributed by atoms with Gasteiger partial charge in [-0.1, -0.05) is 42.1 Å². The third-order valence-corrected chi connectivity index (χ3v) is 5.38. The first-order chi connectivity index (χ1) is 9.10. The molecule has 3 rings (SSSR count). The fourth-order valence-corrected chi connectivity index (χ4v) is 4.40. The van der Waals surface area contributed by atoms with Crippen molar-refractivity contribution in [1.82, 2.24) is 0 Å². The first-order valence-electron chi connectivity index (χ1n) is 7.11. The molecule has 0 radical (unpaired) electrons. The number of hydrogen-bond acceptors (Lipinski definition) is 1. The van der Waals surface area contributed by atoms with Crippen molar-refractivity contribution >= 4 is 23.2 Å². The zero-order chi connectivity index (χ0) is 13.5. The van der Waals surface area contributed by atoms with Gasteiger partial charge in [-0.2, -0.15) is 0 Å². The summed E-state index contributed by atoms with van der Waals surface area (Å²) in [6, 6.07) is 5.99. The van der Waals surface area contributed by atoms with Crippen LogP contribution in [-0.2, 0) is 0 Å². The zero-order valence-electron chi connectivity index (χ0n) is 10.9. The van der Waals surface area contributed by atoms with E-state index >= 15 is 0 Å². The molecule has 1 aromatic rings. The predicted octanol–water partition coefficient (Wildman–Crippen LogP) is 2.92. The van der Waals surface area contributed by atoms with Gasteiger partial charge in [-0.25, -0.2) is 0 Å². The van der Waals surface area contributed by atoms with Gasteiger partial charge in [0, 0.05) is 22.9 Å². The van der Waals surface area contributed by atoms with Crippen molar-refractivity contribution in [3.05, 3.63) is 33.8 Å². The molecule has 2 aliphatic rings. The van der Waals surface area contributed by atoms with Crippen LogP contribution in [0.1, 0.15) is 43.7 Å². The Kier molecular flexibility index (Phi) is 3.78. The van der Waals surface area contributed by atoms with Gasteiger partial charge in [-0.15, -0.1) is 0 Å². The molecule has 1 heterocycles. The minimum atomic E-state index is -0.485. The lowest BCUT2D eigenvalue weighted by atomic mass is 9.67. The fourth-order valence-electron chi connectivity index (χ4n) is 3.87. The molecule has 1 saturated carbocycles. The van der Waals surface area contributed by atoms with Crippen LogP contribution in [0.15, 0.2) is 18.2 Å². The lowest BCUT2D eigenvalue weighted by molar-refractivity contribution is -0.719. The fraction of sp³-hybridized carbons (Fsp3) is 0.600. The van der Waals surface area contributed by atoms with E-state index in [2.05, 4.69) is 5.32 Å². The molecule has 1 saturated heterocycles. The first kappa shape index (κ1) is 13.7. The van der Waals surface area contributed by atoms with Crippen LogP contribution in [0.2, 0.25) is 10.0 Å². The molecule has 0 amide bonds. The molecule has 4 heteroatoms. The highest BCUT2D eigenvalue weighted by Crippen LogP contribution is 2.44. The van der Waals surface area contributed by atoms with Gasteiger partial charge in [-0.05, 0) is 25.0 Å². The van der Waals surface area contributed by atoms with E-state index in [0.29, 0.717) is 10.9 Å². The number of halogens is 2. The molecule has 0 unspecified atom stereocenters. The van der Waals surface area contributed by atoms with Gasteiger partial charge in [0.15, 0.2) is 0 Å². The molecule has 1 aliphatic heterocycles. The van der Waals surface area contributed by atoms with Gasteiger partial charge < -0.3 is 10.4 Å². The molecular formula is C15H20Cl2NO+. The Bertz CT molecular complexity index is 475. The summed E-state index contributed by atoms with van der Waals surface area (Å²) < 4.78 is 0.